The van der Waals surface area contributed by atoms with Crippen LogP contribution in [0.1, 0.15) is 20.8 Å². The van der Waals surface area contributed by atoms with E-state index in [0.29, 0.717) is 23.0 Å². The van der Waals surface area contributed by atoms with Gasteiger partial charge in [-0.1, -0.05) is 0 Å². The second-order valence-electron chi connectivity index (χ2n) is 6.01. The highest BCUT2D eigenvalue weighted by Gasteiger charge is 2.16. The van der Waals surface area contributed by atoms with Crippen LogP contribution in [0.2, 0.25) is 0 Å². The van der Waals surface area contributed by atoms with Crippen molar-refractivity contribution in [2.75, 3.05) is 17.3 Å². The SMILES string of the molecule is CSc1cc(Oc2ccnc(NC(=O)OC(C)(C)C)c2)ccc1N. The number of nitrogens with zero attached hydrogens (tertiary/aromatic N) is 1. The third kappa shape index (κ3) is 5.34. The average molecular weight is 347 g/mol. The Labute approximate surface area is 145 Å². The maximum absolute atomic E-state index is 11.8. The zero-order chi connectivity index (χ0) is 17.7. The van der Waals surface area contributed by atoms with Gasteiger partial charge >= 0.3 is 6.09 Å². The van der Waals surface area contributed by atoms with E-state index in [1.807, 2.05) is 12.3 Å². The Hall–Kier alpha value is -2.41. The number of nitrogens with two attached hydrogens (primary N) is 1. The molecular weight excluding hydrogens is 326 g/mol. The molecule has 0 unspecified atom stereocenters. The first-order valence-electron chi connectivity index (χ1n) is 7.34. The molecule has 0 spiro atoms. The molecule has 3 N–H and O–H groups in total. The lowest BCUT2D eigenvalue weighted by Crippen LogP contribution is -2.27. The number of pyridine rings is 1. The van der Waals surface area contributed by atoms with Crippen molar-refractivity contribution in [1.82, 2.24) is 4.98 Å². The Balaban J connectivity index is 2.09. The minimum absolute atomic E-state index is 0.349. The predicted molar refractivity (Wildman–Crippen MR) is 96.8 cm³/mol. The van der Waals surface area contributed by atoms with Gasteiger partial charge in [0.25, 0.3) is 0 Å². The van der Waals surface area contributed by atoms with Crippen molar-refractivity contribution >= 4 is 29.4 Å². The quantitative estimate of drug-likeness (QED) is 0.624. The molecule has 1 aromatic heterocycles. The first-order chi connectivity index (χ1) is 11.3. The smallest absolute Gasteiger partial charge is 0.413 e. The van der Waals surface area contributed by atoms with Crippen molar-refractivity contribution < 1.29 is 14.3 Å². The largest absolute Gasteiger partial charge is 0.457 e. The molecule has 2 rings (SSSR count). The molecule has 0 radical (unpaired) electrons. The lowest BCUT2D eigenvalue weighted by atomic mass is 10.2. The molecule has 1 heterocycles. The van der Waals surface area contributed by atoms with Crippen LogP contribution in [0.5, 0.6) is 11.5 Å². The molecule has 7 heteroatoms. The summed E-state index contributed by atoms with van der Waals surface area (Å²) in [6.07, 6.45) is 2.93. The summed E-state index contributed by atoms with van der Waals surface area (Å²) in [6.45, 7) is 5.39. The number of thioether (sulfide) groups is 1. The Morgan fingerprint density at radius 1 is 1.21 bits per heavy atom. The van der Waals surface area contributed by atoms with Gasteiger partial charge in [0.15, 0.2) is 0 Å². The Bertz CT molecular complexity index is 729. The molecule has 0 aliphatic heterocycles. The zero-order valence-corrected chi connectivity index (χ0v) is 14.9. The van der Waals surface area contributed by atoms with E-state index in [2.05, 4.69) is 10.3 Å². The van der Waals surface area contributed by atoms with Gasteiger partial charge in [-0.05, 0) is 51.3 Å². The van der Waals surface area contributed by atoms with Crippen molar-refractivity contribution in [3.05, 3.63) is 36.5 Å². The highest BCUT2D eigenvalue weighted by molar-refractivity contribution is 7.98. The fourth-order valence-corrected chi connectivity index (χ4v) is 2.38. The first kappa shape index (κ1) is 17.9. The van der Waals surface area contributed by atoms with Crippen molar-refractivity contribution in [3.63, 3.8) is 0 Å². The van der Waals surface area contributed by atoms with Crippen molar-refractivity contribution in [1.29, 1.82) is 0 Å². The lowest BCUT2D eigenvalue weighted by Gasteiger charge is -2.19. The van der Waals surface area contributed by atoms with Crippen LogP contribution < -0.4 is 15.8 Å². The molecule has 24 heavy (non-hydrogen) atoms. The van der Waals surface area contributed by atoms with Gasteiger partial charge in [0.1, 0.15) is 22.9 Å². The Kier molecular flexibility index (Phi) is 5.56. The summed E-state index contributed by atoms with van der Waals surface area (Å²) in [5.41, 5.74) is 6.01. The topological polar surface area (TPSA) is 86.5 Å². The molecule has 0 bridgehead atoms. The van der Waals surface area contributed by atoms with E-state index >= 15 is 0 Å². The van der Waals surface area contributed by atoms with Crippen molar-refractivity contribution in [2.45, 2.75) is 31.3 Å². The molecule has 0 fully saturated rings. The summed E-state index contributed by atoms with van der Waals surface area (Å²) >= 11 is 1.55. The summed E-state index contributed by atoms with van der Waals surface area (Å²) in [5.74, 6) is 1.55. The number of carbonyl (C=O) groups is 1. The van der Waals surface area contributed by atoms with Crippen LogP contribution in [-0.4, -0.2) is 22.9 Å². The fourth-order valence-electron chi connectivity index (χ4n) is 1.84. The van der Waals surface area contributed by atoms with Crippen molar-refractivity contribution in [3.8, 4) is 11.5 Å². The fraction of sp³-hybridized carbons (Fsp3) is 0.294. The number of nitrogen functional groups attached to an aromatic ring is 1. The molecule has 0 saturated heterocycles. The molecule has 2 aromatic rings. The molecule has 0 aliphatic carbocycles. The highest BCUT2D eigenvalue weighted by Crippen LogP contribution is 2.30. The normalized spacial score (nSPS) is 11.0. The molecule has 128 valence electrons. The minimum atomic E-state index is -0.573. The summed E-state index contributed by atoms with van der Waals surface area (Å²) < 4.78 is 11.0. The van der Waals surface area contributed by atoms with Crippen LogP contribution in [-0.2, 0) is 4.74 Å². The predicted octanol–water partition coefficient (Wildman–Crippen LogP) is 4.53. The number of nitrogens with one attached hydrogen (secondary N) is 1. The van der Waals surface area contributed by atoms with Crippen LogP contribution >= 0.6 is 11.8 Å². The molecular formula is C17H21N3O3S. The van der Waals surface area contributed by atoms with Gasteiger partial charge in [-0.25, -0.2) is 9.78 Å². The summed E-state index contributed by atoms with van der Waals surface area (Å²) in [7, 11) is 0. The molecule has 1 aromatic carbocycles. The maximum atomic E-state index is 11.8. The number of amides is 1. The van der Waals surface area contributed by atoms with Gasteiger partial charge < -0.3 is 15.2 Å². The number of hydrogen-bond donors (Lipinski definition) is 2. The number of rotatable bonds is 4. The Morgan fingerprint density at radius 3 is 2.58 bits per heavy atom. The third-order valence-corrected chi connectivity index (χ3v) is 3.59. The van der Waals surface area contributed by atoms with Gasteiger partial charge in [-0.3, -0.25) is 5.32 Å². The van der Waals surface area contributed by atoms with E-state index in [0.717, 1.165) is 4.90 Å². The number of aromatic nitrogens is 1. The van der Waals surface area contributed by atoms with E-state index in [-0.39, 0.29) is 0 Å². The first-order valence-corrected chi connectivity index (χ1v) is 8.57. The number of hydrogen-bond acceptors (Lipinski definition) is 6. The second kappa shape index (κ2) is 7.44. The van der Waals surface area contributed by atoms with Crippen LogP contribution in [0.4, 0.5) is 16.3 Å². The average Bonchev–Trinajstić information content (AvgIpc) is 2.47. The maximum Gasteiger partial charge on any atom is 0.413 e. The molecule has 0 atom stereocenters. The second-order valence-corrected chi connectivity index (χ2v) is 6.86. The van der Waals surface area contributed by atoms with E-state index in [4.69, 9.17) is 15.2 Å². The van der Waals surface area contributed by atoms with E-state index in [1.54, 1.807) is 63.0 Å². The number of anilines is 2. The standard InChI is InChI=1S/C17H21N3O3S/c1-17(2,3)23-16(21)20-15-10-12(7-8-19-15)22-11-5-6-13(18)14(9-11)24-4/h5-10H,18H2,1-4H3,(H,19,20,21). The summed E-state index contributed by atoms with van der Waals surface area (Å²) in [4.78, 5) is 16.8. The molecule has 0 aliphatic rings. The summed E-state index contributed by atoms with van der Waals surface area (Å²) in [5, 5.41) is 2.58. The number of ether oxygens (including phenoxy) is 2. The van der Waals surface area contributed by atoms with Gasteiger partial charge in [-0.15, -0.1) is 11.8 Å². The van der Waals surface area contributed by atoms with Gasteiger partial charge in [-0.2, -0.15) is 0 Å². The Morgan fingerprint density at radius 2 is 1.92 bits per heavy atom. The molecule has 6 nitrogen and oxygen atoms in total. The monoisotopic (exact) mass is 347 g/mol. The van der Waals surface area contributed by atoms with Crippen LogP contribution in [0.3, 0.4) is 0 Å². The van der Waals surface area contributed by atoms with Crippen molar-refractivity contribution in [2.24, 2.45) is 0 Å². The third-order valence-electron chi connectivity index (χ3n) is 2.80. The molecule has 1 amide bonds. The van der Waals surface area contributed by atoms with Crippen LogP contribution in [0.15, 0.2) is 41.4 Å². The molecule has 0 saturated carbocycles. The van der Waals surface area contributed by atoms with Crippen LogP contribution in [0, 0.1) is 0 Å². The highest BCUT2D eigenvalue weighted by atomic mass is 32.2. The number of benzene rings is 1. The summed E-state index contributed by atoms with van der Waals surface area (Å²) in [6, 6.07) is 8.77. The minimum Gasteiger partial charge on any atom is -0.457 e. The van der Waals surface area contributed by atoms with Gasteiger partial charge in [0.2, 0.25) is 0 Å². The van der Waals surface area contributed by atoms with Crippen LogP contribution in [0.25, 0.3) is 0 Å². The number of carbonyl (C=O) groups excluding carboxylic acids is 1. The van der Waals surface area contributed by atoms with E-state index in [9.17, 15) is 4.79 Å². The lowest BCUT2D eigenvalue weighted by molar-refractivity contribution is 0.0635. The van der Waals surface area contributed by atoms with E-state index in [1.165, 1.54) is 0 Å². The van der Waals surface area contributed by atoms with Gasteiger partial charge in [0.05, 0.1) is 0 Å². The van der Waals surface area contributed by atoms with Gasteiger partial charge in [0, 0.05) is 22.8 Å². The zero-order valence-electron chi connectivity index (χ0n) is 14.1. The van der Waals surface area contributed by atoms with E-state index < -0.39 is 11.7 Å².